The molecule has 1 heterocycles. The minimum Gasteiger partial charge on any atom is -0.494 e. The number of aryl methyl sites for hydroxylation is 1. The molecule has 0 saturated carbocycles. The van der Waals surface area contributed by atoms with E-state index in [-0.39, 0.29) is 11.9 Å². The molecule has 0 saturated heterocycles. The third kappa shape index (κ3) is 4.05. The first-order chi connectivity index (χ1) is 10.9. The smallest absolute Gasteiger partial charge is 0.341 e. The van der Waals surface area contributed by atoms with E-state index in [4.69, 9.17) is 15.2 Å². The van der Waals surface area contributed by atoms with Crippen molar-refractivity contribution in [2.45, 2.75) is 27.7 Å². The van der Waals surface area contributed by atoms with Crippen LogP contribution in [0.5, 0.6) is 5.75 Å². The zero-order valence-corrected chi connectivity index (χ0v) is 14.8. The molecule has 1 aromatic carbocycles. The summed E-state index contributed by atoms with van der Waals surface area (Å²) in [6, 6.07) is 7.68. The summed E-state index contributed by atoms with van der Waals surface area (Å²) in [5.41, 5.74) is 8.32. The van der Waals surface area contributed by atoms with Crippen LogP contribution < -0.4 is 10.5 Å². The Hall–Kier alpha value is -2.01. The lowest BCUT2D eigenvalue weighted by Crippen LogP contribution is -2.11. The molecular weight excluding hydrogens is 310 g/mol. The molecule has 124 valence electrons. The molecule has 2 aromatic rings. The minimum absolute atomic E-state index is 0.286. The molecule has 4 nitrogen and oxygen atoms in total. The van der Waals surface area contributed by atoms with Gasteiger partial charge in [-0.1, -0.05) is 26.0 Å². The van der Waals surface area contributed by atoms with Crippen molar-refractivity contribution < 1.29 is 14.3 Å². The topological polar surface area (TPSA) is 61.5 Å². The fourth-order valence-corrected chi connectivity index (χ4v) is 3.25. The zero-order chi connectivity index (χ0) is 17.0. The summed E-state index contributed by atoms with van der Waals surface area (Å²) in [5.74, 6) is 0.735. The van der Waals surface area contributed by atoms with Crippen LogP contribution in [0.2, 0.25) is 0 Å². The molecule has 0 spiro atoms. The largest absolute Gasteiger partial charge is 0.494 e. The Bertz CT molecular complexity index is 674. The summed E-state index contributed by atoms with van der Waals surface area (Å²) < 4.78 is 10.8. The zero-order valence-electron chi connectivity index (χ0n) is 14.0. The average molecular weight is 333 g/mol. The molecule has 0 unspecified atom stereocenters. The number of thiophene rings is 1. The fraction of sp³-hybridized carbons (Fsp3) is 0.389. The summed E-state index contributed by atoms with van der Waals surface area (Å²) in [5, 5.41) is 0.500. The van der Waals surface area contributed by atoms with Gasteiger partial charge in [0.05, 0.1) is 13.2 Å². The molecule has 0 fully saturated rings. The quantitative estimate of drug-likeness (QED) is 0.790. The number of benzene rings is 1. The fourth-order valence-electron chi connectivity index (χ4n) is 2.32. The van der Waals surface area contributed by atoms with Crippen molar-refractivity contribution >= 4 is 22.3 Å². The van der Waals surface area contributed by atoms with Crippen molar-refractivity contribution in [2.75, 3.05) is 18.9 Å². The van der Waals surface area contributed by atoms with Gasteiger partial charge in [0.15, 0.2) is 0 Å². The van der Waals surface area contributed by atoms with Gasteiger partial charge in [-0.3, -0.25) is 0 Å². The van der Waals surface area contributed by atoms with E-state index in [2.05, 4.69) is 0 Å². The number of anilines is 1. The van der Waals surface area contributed by atoms with Gasteiger partial charge in [-0.2, -0.15) is 0 Å². The Labute approximate surface area is 141 Å². The third-order valence-corrected chi connectivity index (χ3v) is 4.25. The molecule has 0 aliphatic heterocycles. The molecule has 2 N–H and O–H groups in total. The molecule has 1 aromatic heterocycles. The average Bonchev–Trinajstić information content (AvgIpc) is 2.80. The van der Waals surface area contributed by atoms with E-state index in [1.165, 1.54) is 11.3 Å². The second-order valence-corrected chi connectivity index (χ2v) is 6.98. The first-order valence-electron chi connectivity index (χ1n) is 7.73. The van der Waals surface area contributed by atoms with Gasteiger partial charge < -0.3 is 15.2 Å². The number of carbonyl (C=O) groups is 1. The van der Waals surface area contributed by atoms with Crippen LogP contribution >= 0.6 is 11.3 Å². The number of nitrogen functional groups attached to an aromatic ring is 1. The molecular formula is C18H23NO3S. The first kappa shape index (κ1) is 17.3. The van der Waals surface area contributed by atoms with Crippen molar-refractivity contribution in [1.82, 2.24) is 0 Å². The Morgan fingerprint density at radius 1 is 1.26 bits per heavy atom. The number of carbonyl (C=O) groups excluding carboxylic acids is 1. The van der Waals surface area contributed by atoms with Crippen molar-refractivity contribution in [3.05, 3.63) is 34.7 Å². The molecule has 0 radical (unpaired) electrons. The molecule has 0 aliphatic carbocycles. The standard InChI is InChI=1S/C18H23NO3S/c1-5-21-14-8-6-13(7-9-14)15-12(4)23-17(19)16(15)18(20)22-10-11(2)3/h6-9,11H,5,10,19H2,1-4H3. The summed E-state index contributed by atoms with van der Waals surface area (Å²) >= 11 is 1.41. The Balaban J connectivity index is 2.36. The van der Waals surface area contributed by atoms with E-state index in [0.717, 1.165) is 21.8 Å². The van der Waals surface area contributed by atoms with Crippen LogP contribution in [-0.2, 0) is 4.74 Å². The molecule has 23 heavy (non-hydrogen) atoms. The van der Waals surface area contributed by atoms with Crippen LogP contribution in [0.4, 0.5) is 5.00 Å². The third-order valence-electron chi connectivity index (χ3n) is 3.32. The van der Waals surface area contributed by atoms with Gasteiger partial charge in [0.2, 0.25) is 0 Å². The van der Waals surface area contributed by atoms with Crippen LogP contribution in [0.3, 0.4) is 0 Å². The van der Waals surface area contributed by atoms with Crippen LogP contribution in [-0.4, -0.2) is 19.2 Å². The van der Waals surface area contributed by atoms with E-state index in [9.17, 15) is 4.79 Å². The normalized spacial score (nSPS) is 10.8. The molecule has 2 rings (SSSR count). The van der Waals surface area contributed by atoms with E-state index in [1.807, 2.05) is 52.0 Å². The van der Waals surface area contributed by atoms with E-state index in [0.29, 0.717) is 23.8 Å². The number of hydrogen-bond donors (Lipinski definition) is 1. The highest BCUT2D eigenvalue weighted by Gasteiger charge is 2.23. The van der Waals surface area contributed by atoms with Crippen molar-refractivity contribution in [1.29, 1.82) is 0 Å². The SMILES string of the molecule is CCOc1ccc(-c2c(C)sc(N)c2C(=O)OCC(C)C)cc1. The number of ether oxygens (including phenoxy) is 2. The number of hydrogen-bond acceptors (Lipinski definition) is 5. The Morgan fingerprint density at radius 3 is 2.48 bits per heavy atom. The maximum Gasteiger partial charge on any atom is 0.341 e. The second-order valence-electron chi connectivity index (χ2n) is 5.72. The van der Waals surface area contributed by atoms with Crippen LogP contribution in [0.25, 0.3) is 11.1 Å². The van der Waals surface area contributed by atoms with E-state index >= 15 is 0 Å². The van der Waals surface area contributed by atoms with Crippen LogP contribution in [0.1, 0.15) is 36.0 Å². The number of nitrogens with two attached hydrogens (primary N) is 1. The Kier molecular flexibility index (Phi) is 5.66. The minimum atomic E-state index is -0.357. The summed E-state index contributed by atoms with van der Waals surface area (Å²) in [6.07, 6.45) is 0. The summed E-state index contributed by atoms with van der Waals surface area (Å²) in [6.45, 7) is 8.92. The van der Waals surface area contributed by atoms with Crippen LogP contribution in [0.15, 0.2) is 24.3 Å². The van der Waals surface area contributed by atoms with Gasteiger partial charge in [0.25, 0.3) is 0 Å². The van der Waals surface area contributed by atoms with Gasteiger partial charge in [-0.15, -0.1) is 11.3 Å². The molecule has 0 amide bonds. The Morgan fingerprint density at radius 2 is 1.91 bits per heavy atom. The molecule has 5 heteroatoms. The molecule has 0 aliphatic rings. The van der Waals surface area contributed by atoms with Crippen molar-refractivity contribution in [3.8, 4) is 16.9 Å². The van der Waals surface area contributed by atoms with Crippen LogP contribution in [0, 0.1) is 12.8 Å². The maximum absolute atomic E-state index is 12.4. The van der Waals surface area contributed by atoms with Gasteiger partial charge in [0.1, 0.15) is 16.3 Å². The lowest BCUT2D eigenvalue weighted by atomic mass is 10.0. The lowest BCUT2D eigenvalue weighted by molar-refractivity contribution is 0.0461. The van der Waals surface area contributed by atoms with Gasteiger partial charge in [-0.25, -0.2) is 4.79 Å². The predicted octanol–water partition coefficient (Wildman–Crippen LogP) is 4.52. The maximum atomic E-state index is 12.4. The van der Waals surface area contributed by atoms with E-state index < -0.39 is 0 Å². The predicted molar refractivity (Wildman–Crippen MR) is 95.2 cm³/mol. The highest BCUT2D eigenvalue weighted by molar-refractivity contribution is 7.16. The van der Waals surface area contributed by atoms with Gasteiger partial charge in [-0.05, 0) is 37.5 Å². The molecule has 0 atom stereocenters. The first-order valence-corrected chi connectivity index (χ1v) is 8.54. The lowest BCUT2D eigenvalue weighted by Gasteiger charge is -2.10. The van der Waals surface area contributed by atoms with Gasteiger partial charge >= 0.3 is 5.97 Å². The number of esters is 1. The van der Waals surface area contributed by atoms with Crippen molar-refractivity contribution in [2.24, 2.45) is 5.92 Å². The summed E-state index contributed by atoms with van der Waals surface area (Å²) in [7, 11) is 0. The van der Waals surface area contributed by atoms with E-state index in [1.54, 1.807) is 0 Å². The van der Waals surface area contributed by atoms with Crippen molar-refractivity contribution in [3.63, 3.8) is 0 Å². The number of rotatable bonds is 6. The second kappa shape index (κ2) is 7.51. The highest BCUT2D eigenvalue weighted by Crippen LogP contribution is 2.39. The van der Waals surface area contributed by atoms with Gasteiger partial charge in [0, 0.05) is 10.4 Å². The highest BCUT2D eigenvalue weighted by atomic mass is 32.1. The summed E-state index contributed by atoms with van der Waals surface area (Å²) in [4.78, 5) is 13.4. The monoisotopic (exact) mass is 333 g/mol. The molecule has 0 bridgehead atoms.